The lowest BCUT2D eigenvalue weighted by Gasteiger charge is -2.19. The monoisotopic (exact) mass is 321 g/mol. The minimum absolute atomic E-state index is 0.154. The molecular formula is C21H27N3. The predicted molar refractivity (Wildman–Crippen MR) is 102 cm³/mol. The fourth-order valence-electron chi connectivity index (χ4n) is 3.19. The van der Waals surface area contributed by atoms with E-state index in [9.17, 15) is 0 Å². The first-order valence-electron chi connectivity index (χ1n) is 8.62. The summed E-state index contributed by atoms with van der Waals surface area (Å²) >= 11 is 0. The Balaban J connectivity index is 2.20. The van der Waals surface area contributed by atoms with Gasteiger partial charge in [-0.15, -0.1) is 0 Å². The lowest BCUT2D eigenvalue weighted by molar-refractivity contribution is 0.590. The van der Waals surface area contributed by atoms with E-state index < -0.39 is 0 Å². The molecule has 0 radical (unpaired) electrons. The first-order chi connectivity index (χ1) is 11.3. The van der Waals surface area contributed by atoms with Crippen molar-refractivity contribution < 1.29 is 0 Å². The van der Waals surface area contributed by atoms with Crippen LogP contribution in [0.25, 0.3) is 16.9 Å². The molecule has 0 saturated carbocycles. The minimum atomic E-state index is 0.154. The van der Waals surface area contributed by atoms with Gasteiger partial charge in [0.2, 0.25) is 0 Å². The highest BCUT2D eigenvalue weighted by atomic mass is 15.0. The van der Waals surface area contributed by atoms with Gasteiger partial charge in [0.25, 0.3) is 0 Å². The van der Waals surface area contributed by atoms with Crippen LogP contribution in [0.2, 0.25) is 0 Å². The molecule has 2 heterocycles. The molecule has 126 valence electrons. The van der Waals surface area contributed by atoms with Gasteiger partial charge in [-0.2, -0.15) is 0 Å². The van der Waals surface area contributed by atoms with Crippen molar-refractivity contribution in [2.75, 3.05) is 6.54 Å². The fourth-order valence-corrected chi connectivity index (χ4v) is 3.19. The highest BCUT2D eigenvalue weighted by molar-refractivity contribution is 5.68. The SMILES string of the molecule is Cc1cccc2nc(-c3ccc(C(C)(C)C)cc3)c(C(C)CN)n12. The summed E-state index contributed by atoms with van der Waals surface area (Å²) in [5, 5.41) is 0. The Morgan fingerprint density at radius 2 is 1.75 bits per heavy atom. The number of benzene rings is 1. The number of pyridine rings is 1. The fraction of sp³-hybridized carbons (Fsp3) is 0.381. The molecule has 1 unspecified atom stereocenters. The molecule has 0 aliphatic heterocycles. The summed E-state index contributed by atoms with van der Waals surface area (Å²) in [7, 11) is 0. The Morgan fingerprint density at radius 1 is 1.08 bits per heavy atom. The van der Waals surface area contributed by atoms with Crippen LogP contribution >= 0.6 is 0 Å². The number of hydrogen-bond donors (Lipinski definition) is 1. The predicted octanol–water partition coefficient (Wildman–Crippen LogP) is 4.67. The van der Waals surface area contributed by atoms with Crippen molar-refractivity contribution in [3.63, 3.8) is 0 Å². The van der Waals surface area contributed by atoms with E-state index in [4.69, 9.17) is 10.7 Å². The first-order valence-corrected chi connectivity index (χ1v) is 8.62. The third-order valence-corrected chi connectivity index (χ3v) is 4.72. The molecule has 0 fully saturated rings. The average Bonchev–Trinajstić information content (AvgIpc) is 2.94. The van der Waals surface area contributed by atoms with Gasteiger partial charge in [0.15, 0.2) is 0 Å². The molecule has 0 spiro atoms. The number of aromatic nitrogens is 2. The molecule has 3 heteroatoms. The van der Waals surface area contributed by atoms with Crippen molar-refractivity contribution in [3.05, 3.63) is 59.4 Å². The van der Waals surface area contributed by atoms with E-state index in [2.05, 4.69) is 81.5 Å². The Kier molecular flexibility index (Phi) is 4.22. The van der Waals surface area contributed by atoms with E-state index in [0.717, 1.165) is 16.9 Å². The average molecular weight is 321 g/mol. The summed E-state index contributed by atoms with van der Waals surface area (Å²) in [5.41, 5.74) is 13.1. The molecule has 3 rings (SSSR count). The number of fused-ring (bicyclic) bond motifs is 1. The molecule has 24 heavy (non-hydrogen) atoms. The van der Waals surface area contributed by atoms with Crippen LogP contribution in [0.1, 0.15) is 50.6 Å². The minimum Gasteiger partial charge on any atom is -0.330 e. The third kappa shape index (κ3) is 2.84. The smallest absolute Gasteiger partial charge is 0.137 e. The molecule has 2 N–H and O–H groups in total. The van der Waals surface area contributed by atoms with Gasteiger partial charge < -0.3 is 10.1 Å². The lowest BCUT2D eigenvalue weighted by Crippen LogP contribution is -2.13. The van der Waals surface area contributed by atoms with Crippen LogP contribution in [0.15, 0.2) is 42.5 Å². The van der Waals surface area contributed by atoms with Crippen molar-refractivity contribution in [1.29, 1.82) is 0 Å². The standard InChI is InChI=1S/C21H27N3/c1-14(13-22)20-19(23-18-8-6-7-15(2)24(18)20)16-9-11-17(12-10-16)21(3,4)5/h6-12,14H,13,22H2,1-5H3. The van der Waals surface area contributed by atoms with Gasteiger partial charge in [-0.25, -0.2) is 4.98 Å². The topological polar surface area (TPSA) is 43.3 Å². The lowest BCUT2D eigenvalue weighted by atomic mass is 9.86. The van der Waals surface area contributed by atoms with Gasteiger partial charge in [0.05, 0.1) is 11.4 Å². The second-order valence-corrected chi connectivity index (χ2v) is 7.67. The molecule has 3 aromatic rings. The van der Waals surface area contributed by atoms with E-state index in [1.165, 1.54) is 17.0 Å². The van der Waals surface area contributed by atoms with Crippen molar-refractivity contribution in [2.24, 2.45) is 5.73 Å². The van der Waals surface area contributed by atoms with E-state index in [1.54, 1.807) is 0 Å². The number of nitrogens with two attached hydrogens (primary N) is 1. The van der Waals surface area contributed by atoms with Gasteiger partial charge in [-0.1, -0.05) is 58.0 Å². The van der Waals surface area contributed by atoms with Crippen LogP contribution in [-0.4, -0.2) is 15.9 Å². The first kappa shape index (κ1) is 16.7. The van der Waals surface area contributed by atoms with E-state index in [1.807, 2.05) is 0 Å². The number of rotatable bonds is 3. The number of nitrogens with zero attached hydrogens (tertiary/aromatic N) is 2. The second-order valence-electron chi connectivity index (χ2n) is 7.67. The van der Waals surface area contributed by atoms with Crippen LogP contribution in [0.5, 0.6) is 0 Å². The quantitative estimate of drug-likeness (QED) is 0.762. The van der Waals surface area contributed by atoms with Crippen LogP contribution in [0.4, 0.5) is 0 Å². The highest BCUT2D eigenvalue weighted by Crippen LogP contribution is 2.32. The molecular weight excluding hydrogens is 294 g/mol. The van der Waals surface area contributed by atoms with Gasteiger partial charge >= 0.3 is 0 Å². The summed E-state index contributed by atoms with van der Waals surface area (Å²) in [5.74, 6) is 0.249. The van der Waals surface area contributed by atoms with Gasteiger partial charge in [-0.3, -0.25) is 0 Å². The maximum atomic E-state index is 5.99. The zero-order valence-corrected chi connectivity index (χ0v) is 15.3. The summed E-state index contributed by atoms with van der Waals surface area (Å²) in [6.45, 7) is 11.6. The molecule has 0 aliphatic carbocycles. The van der Waals surface area contributed by atoms with Crippen LogP contribution < -0.4 is 5.73 Å². The molecule has 3 nitrogen and oxygen atoms in total. The molecule has 0 bridgehead atoms. The zero-order chi connectivity index (χ0) is 17.5. The summed E-state index contributed by atoms with van der Waals surface area (Å²) < 4.78 is 2.24. The summed E-state index contributed by atoms with van der Waals surface area (Å²) in [4.78, 5) is 4.91. The van der Waals surface area contributed by atoms with Crippen molar-refractivity contribution in [1.82, 2.24) is 9.38 Å². The maximum absolute atomic E-state index is 5.99. The van der Waals surface area contributed by atoms with Crippen LogP contribution in [-0.2, 0) is 5.41 Å². The largest absolute Gasteiger partial charge is 0.330 e. The van der Waals surface area contributed by atoms with Gasteiger partial charge in [-0.05, 0) is 30.0 Å². The zero-order valence-electron chi connectivity index (χ0n) is 15.3. The Bertz CT molecular complexity index is 851. The number of hydrogen-bond acceptors (Lipinski definition) is 2. The van der Waals surface area contributed by atoms with E-state index >= 15 is 0 Å². The molecule has 1 atom stereocenters. The Morgan fingerprint density at radius 3 is 2.33 bits per heavy atom. The molecule has 2 aromatic heterocycles. The Hall–Kier alpha value is -2.13. The number of aryl methyl sites for hydroxylation is 1. The molecule has 0 aliphatic rings. The van der Waals surface area contributed by atoms with Crippen molar-refractivity contribution >= 4 is 5.65 Å². The second kappa shape index (κ2) is 6.06. The Labute approximate surface area is 144 Å². The van der Waals surface area contributed by atoms with Crippen molar-refractivity contribution in [2.45, 2.75) is 46.0 Å². The molecule has 0 saturated heterocycles. The van der Waals surface area contributed by atoms with Crippen molar-refractivity contribution in [3.8, 4) is 11.3 Å². The van der Waals surface area contributed by atoms with Crippen LogP contribution in [0.3, 0.4) is 0 Å². The maximum Gasteiger partial charge on any atom is 0.137 e. The summed E-state index contributed by atoms with van der Waals surface area (Å²) in [6.07, 6.45) is 0. The molecule has 1 aromatic carbocycles. The highest BCUT2D eigenvalue weighted by Gasteiger charge is 2.20. The molecule has 0 amide bonds. The third-order valence-electron chi connectivity index (χ3n) is 4.72. The van der Waals surface area contributed by atoms with E-state index in [-0.39, 0.29) is 11.3 Å². The van der Waals surface area contributed by atoms with Crippen LogP contribution in [0, 0.1) is 6.92 Å². The van der Waals surface area contributed by atoms with E-state index in [0.29, 0.717) is 6.54 Å². The van der Waals surface area contributed by atoms with Gasteiger partial charge in [0.1, 0.15) is 5.65 Å². The summed E-state index contributed by atoms with van der Waals surface area (Å²) in [6, 6.07) is 15.0. The van der Waals surface area contributed by atoms with Gasteiger partial charge in [0, 0.05) is 23.7 Å². The number of imidazole rings is 1. The normalized spacial score (nSPS) is 13.4.